The molecule has 2 aromatic carbocycles. The van der Waals surface area contributed by atoms with Crippen molar-refractivity contribution in [2.75, 3.05) is 6.54 Å². The van der Waals surface area contributed by atoms with Gasteiger partial charge < -0.3 is 22.8 Å². The van der Waals surface area contributed by atoms with Crippen LogP contribution in [0.4, 0.5) is 0 Å². The summed E-state index contributed by atoms with van der Waals surface area (Å²) in [6, 6.07) is 15.4. The molecule has 0 aromatic heterocycles. The van der Waals surface area contributed by atoms with E-state index in [9.17, 15) is 9.90 Å². The minimum Gasteiger partial charge on any atom is -1.00 e. The number of aryl methyl sites for hydroxylation is 2. The zero-order valence-corrected chi connectivity index (χ0v) is 14.4. The third-order valence-corrected chi connectivity index (χ3v) is 3.94. The number of quaternary nitrogens is 1. The lowest BCUT2D eigenvalue weighted by Crippen LogP contribution is -3.00. The quantitative estimate of drug-likeness (QED) is 0.529. The molecule has 0 amide bonds. The molecule has 1 atom stereocenters. The van der Waals surface area contributed by atoms with Gasteiger partial charge in [0, 0.05) is 12.0 Å². The zero-order valence-electron chi connectivity index (χ0n) is 13.6. The van der Waals surface area contributed by atoms with Gasteiger partial charge in [-0.1, -0.05) is 42.5 Å². The van der Waals surface area contributed by atoms with Crippen molar-refractivity contribution in [2.24, 2.45) is 0 Å². The normalized spacial score (nSPS) is 11.6. The summed E-state index contributed by atoms with van der Waals surface area (Å²) in [6.07, 6.45) is 2.07. The highest BCUT2D eigenvalue weighted by Crippen LogP contribution is 2.18. The fraction of sp³-hybridized carbons (Fsp3) is 0.316. The van der Waals surface area contributed by atoms with Gasteiger partial charge in [-0.2, -0.15) is 0 Å². The fourth-order valence-electron chi connectivity index (χ4n) is 2.45. The second-order valence-corrected chi connectivity index (χ2v) is 5.77. The summed E-state index contributed by atoms with van der Waals surface area (Å²) in [6.45, 7) is 4.66. The number of carbonyl (C=O) groups is 1. The van der Waals surface area contributed by atoms with Crippen LogP contribution in [0.25, 0.3) is 0 Å². The van der Waals surface area contributed by atoms with Crippen LogP contribution in [0.5, 0.6) is 5.75 Å². The molecule has 3 N–H and O–H groups in total. The van der Waals surface area contributed by atoms with Gasteiger partial charge in [0.15, 0.2) is 0 Å². The summed E-state index contributed by atoms with van der Waals surface area (Å²) in [7, 11) is 0. The fourth-order valence-corrected chi connectivity index (χ4v) is 2.45. The number of phenols is 1. The van der Waals surface area contributed by atoms with Gasteiger partial charge in [0.05, 0.1) is 6.54 Å². The second-order valence-electron chi connectivity index (χ2n) is 5.77. The van der Waals surface area contributed by atoms with Crippen molar-refractivity contribution < 1.29 is 27.6 Å². The molecule has 124 valence electrons. The van der Waals surface area contributed by atoms with Gasteiger partial charge in [-0.3, -0.25) is 4.79 Å². The number of nitrogens with two attached hydrogens (primary N) is 1. The Morgan fingerprint density at radius 1 is 1.17 bits per heavy atom. The SMILES string of the molecule is Cc1ccc(C(=O)C(C)[NH2+]CCCc2ccccc2)cc1O.[Cl-]. The molecule has 0 fully saturated rings. The molecule has 23 heavy (non-hydrogen) atoms. The van der Waals surface area contributed by atoms with Crippen LogP contribution in [-0.4, -0.2) is 23.5 Å². The van der Waals surface area contributed by atoms with Crippen molar-refractivity contribution in [2.45, 2.75) is 32.7 Å². The third kappa shape index (κ3) is 5.70. The minimum atomic E-state index is -0.127. The highest BCUT2D eigenvalue weighted by atomic mass is 35.5. The highest BCUT2D eigenvalue weighted by molar-refractivity contribution is 5.99. The molecular weight excluding hydrogens is 310 g/mol. The molecule has 2 rings (SSSR count). The lowest BCUT2D eigenvalue weighted by molar-refractivity contribution is -0.672. The monoisotopic (exact) mass is 333 g/mol. The van der Waals surface area contributed by atoms with Crippen molar-refractivity contribution in [3.8, 4) is 5.75 Å². The van der Waals surface area contributed by atoms with Crippen molar-refractivity contribution in [3.63, 3.8) is 0 Å². The maximum atomic E-state index is 12.3. The number of phenolic OH excluding ortho intramolecular Hbond substituents is 1. The van der Waals surface area contributed by atoms with Crippen LogP contribution in [0.1, 0.15) is 34.8 Å². The van der Waals surface area contributed by atoms with Crippen LogP contribution in [0.3, 0.4) is 0 Å². The number of aromatic hydroxyl groups is 1. The number of rotatable bonds is 7. The number of ketones is 1. The van der Waals surface area contributed by atoms with Crippen molar-refractivity contribution in [1.29, 1.82) is 0 Å². The third-order valence-electron chi connectivity index (χ3n) is 3.94. The van der Waals surface area contributed by atoms with Crippen LogP contribution in [0.2, 0.25) is 0 Å². The Labute approximate surface area is 144 Å². The average Bonchev–Trinajstić information content (AvgIpc) is 2.54. The van der Waals surface area contributed by atoms with Crippen molar-refractivity contribution in [1.82, 2.24) is 0 Å². The Balaban J connectivity index is 0.00000264. The van der Waals surface area contributed by atoms with Crippen LogP contribution >= 0.6 is 0 Å². The summed E-state index contributed by atoms with van der Waals surface area (Å²) < 4.78 is 0. The van der Waals surface area contributed by atoms with E-state index in [1.165, 1.54) is 5.56 Å². The number of halogens is 1. The maximum Gasteiger partial charge on any atom is 0.219 e. The van der Waals surface area contributed by atoms with E-state index in [1.54, 1.807) is 18.2 Å². The molecule has 4 heteroatoms. The first kappa shape index (κ1) is 19.2. The van der Waals surface area contributed by atoms with Gasteiger partial charge in [-0.25, -0.2) is 0 Å². The van der Waals surface area contributed by atoms with Gasteiger partial charge in [0.1, 0.15) is 11.8 Å². The molecule has 0 spiro atoms. The lowest BCUT2D eigenvalue weighted by Gasteiger charge is -2.10. The first-order valence-electron chi connectivity index (χ1n) is 7.79. The summed E-state index contributed by atoms with van der Waals surface area (Å²) in [5.74, 6) is 0.247. The Morgan fingerprint density at radius 3 is 2.52 bits per heavy atom. The second kappa shape index (κ2) is 9.33. The van der Waals surface area contributed by atoms with E-state index in [0.717, 1.165) is 24.9 Å². The van der Waals surface area contributed by atoms with E-state index in [4.69, 9.17) is 0 Å². The van der Waals surface area contributed by atoms with Gasteiger partial charge >= 0.3 is 0 Å². The molecule has 3 nitrogen and oxygen atoms in total. The molecule has 0 aliphatic rings. The molecular formula is C19H24ClNO2. The number of carbonyl (C=O) groups excluding carboxylic acids is 1. The number of hydrogen-bond acceptors (Lipinski definition) is 2. The van der Waals surface area contributed by atoms with E-state index in [1.807, 2.05) is 19.9 Å². The van der Waals surface area contributed by atoms with Gasteiger partial charge in [0.25, 0.3) is 0 Å². The molecule has 1 unspecified atom stereocenters. The van der Waals surface area contributed by atoms with E-state index >= 15 is 0 Å². The Hall–Kier alpha value is -1.84. The minimum absolute atomic E-state index is 0. The smallest absolute Gasteiger partial charge is 0.219 e. The molecule has 2 aromatic rings. The summed E-state index contributed by atoms with van der Waals surface area (Å²) >= 11 is 0. The molecule has 0 aliphatic carbocycles. The van der Waals surface area contributed by atoms with Crippen molar-refractivity contribution in [3.05, 3.63) is 65.2 Å². The van der Waals surface area contributed by atoms with Crippen LogP contribution < -0.4 is 17.7 Å². The Kier molecular flexibility index (Phi) is 7.79. The van der Waals surface area contributed by atoms with E-state index < -0.39 is 0 Å². The summed E-state index contributed by atoms with van der Waals surface area (Å²) in [5.41, 5.74) is 2.70. The van der Waals surface area contributed by atoms with Crippen LogP contribution in [-0.2, 0) is 6.42 Å². The van der Waals surface area contributed by atoms with E-state index in [2.05, 4.69) is 29.6 Å². The molecule has 0 bridgehead atoms. The summed E-state index contributed by atoms with van der Waals surface area (Å²) in [4.78, 5) is 12.3. The number of Topliss-reactive ketones (excluding diaryl/α,β-unsaturated/α-hetero) is 1. The Bertz CT molecular complexity index is 629. The average molecular weight is 334 g/mol. The van der Waals surface area contributed by atoms with E-state index in [-0.39, 0.29) is 30.0 Å². The number of benzene rings is 2. The van der Waals surface area contributed by atoms with Crippen LogP contribution in [0.15, 0.2) is 48.5 Å². The first-order valence-corrected chi connectivity index (χ1v) is 7.79. The van der Waals surface area contributed by atoms with Crippen LogP contribution in [0, 0.1) is 6.92 Å². The molecule has 0 radical (unpaired) electrons. The predicted octanol–water partition coefficient (Wildman–Crippen LogP) is -0.528. The predicted molar refractivity (Wildman–Crippen MR) is 88.2 cm³/mol. The molecule has 0 saturated carbocycles. The zero-order chi connectivity index (χ0) is 15.9. The van der Waals surface area contributed by atoms with Gasteiger partial charge in [-0.15, -0.1) is 0 Å². The summed E-state index contributed by atoms with van der Waals surface area (Å²) in [5, 5.41) is 11.8. The first-order chi connectivity index (χ1) is 10.6. The molecule has 0 saturated heterocycles. The van der Waals surface area contributed by atoms with Gasteiger partial charge in [-0.05, 0) is 37.5 Å². The van der Waals surface area contributed by atoms with Gasteiger partial charge in [0.2, 0.25) is 5.78 Å². The highest BCUT2D eigenvalue weighted by Gasteiger charge is 2.18. The molecule has 0 aliphatic heterocycles. The molecule has 0 heterocycles. The topological polar surface area (TPSA) is 53.9 Å². The number of hydrogen-bond donors (Lipinski definition) is 2. The Morgan fingerprint density at radius 2 is 1.87 bits per heavy atom. The lowest BCUT2D eigenvalue weighted by atomic mass is 10.0. The standard InChI is InChI=1S/C19H23NO2.ClH/c1-14-10-11-17(13-18(14)21)19(22)15(2)20-12-6-9-16-7-4-3-5-8-16;/h3-5,7-8,10-11,13,15,20-21H,6,9,12H2,1-2H3;1H. The largest absolute Gasteiger partial charge is 1.00 e. The van der Waals surface area contributed by atoms with E-state index in [0.29, 0.717) is 5.56 Å². The maximum absolute atomic E-state index is 12.3. The van der Waals surface area contributed by atoms with Crippen molar-refractivity contribution >= 4 is 5.78 Å².